The molecule has 10 heteroatoms. The van der Waals surface area contributed by atoms with Crippen LogP contribution in [0.2, 0.25) is 0 Å². The summed E-state index contributed by atoms with van der Waals surface area (Å²) in [5.41, 5.74) is 0.419. The van der Waals surface area contributed by atoms with Crippen LogP contribution in [0.4, 0.5) is 5.69 Å². The number of aliphatic hydroxyl groups is 2. The number of ether oxygens (including phenoxy) is 2. The minimum atomic E-state index is -4.61. The Morgan fingerprint density at radius 3 is 1.93 bits per heavy atom. The molecule has 1 rings (SSSR count). The molecular formula is C20H34KNO7S. The molecule has 0 fully saturated rings. The number of aliphatic hydroxyl groups excluding tert-OH is 2. The first kappa shape index (κ1) is 30.4. The maximum Gasteiger partial charge on any atom is 1.00 e. The first-order valence-corrected chi connectivity index (χ1v) is 11.5. The minimum absolute atomic E-state index is 0. The molecule has 0 saturated heterocycles. The Morgan fingerprint density at radius 2 is 1.50 bits per heavy atom. The number of unbranched alkanes of at least 4 members (excludes halogenated alkanes) is 2. The average Bonchev–Trinajstić information content (AvgIpc) is 2.67. The van der Waals surface area contributed by atoms with E-state index in [0.717, 1.165) is 25.7 Å². The van der Waals surface area contributed by atoms with Crippen molar-refractivity contribution in [3.05, 3.63) is 24.3 Å². The fourth-order valence-corrected chi connectivity index (χ4v) is 3.18. The molecule has 0 aliphatic rings. The second-order valence-corrected chi connectivity index (χ2v) is 8.40. The van der Waals surface area contributed by atoms with Crippen molar-refractivity contribution in [1.82, 2.24) is 0 Å². The molecule has 0 bridgehead atoms. The fraction of sp³-hybridized carbons (Fsp3) is 0.700. The van der Waals surface area contributed by atoms with Crippen molar-refractivity contribution >= 4 is 15.8 Å². The predicted molar refractivity (Wildman–Crippen MR) is 110 cm³/mol. The molecule has 2 unspecified atom stereocenters. The van der Waals surface area contributed by atoms with E-state index in [1.54, 1.807) is 11.0 Å². The van der Waals surface area contributed by atoms with Crippen LogP contribution in [0.1, 0.15) is 39.5 Å². The van der Waals surface area contributed by atoms with E-state index < -0.39 is 22.3 Å². The van der Waals surface area contributed by atoms with Crippen molar-refractivity contribution in [2.45, 2.75) is 56.6 Å². The number of rotatable bonds is 16. The van der Waals surface area contributed by atoms with Gasteiger partial charge in [-0.3, -0.25) is 0 Å². The third kappa shape index (κ3) is 13.1. The van der Waals surface area contributed by atoms with E-state index in [9.17, 15) is 23.2 Å². The first-order chi connectivity index (χ1) is 13.8. The number of anilines is 1. The SMILES string of the molecule is CCCCOCC(O)CN(CC(O)COCCCC)c1cccc(S(=O)(=O)[O-])c1.[K+]. The van der Waals surface area contributed by atoms with E-state index in [1.807, 2.05) is 13.8 Å². The molecular weight excluding hydrogens is 437 g/mol. The quantitative estimate of drug-likeness (QED) is 0.175. The zero-order valence-corrected chi connectivity index (χ0v) is 22.3. The van der Waals surface area contributed by atoms with Crippen LogP contribution in [0.3, 0.4) is 0 Å². The molecule has 0 radical (unpaired) electrons. The normalized spacial score (nSPS) is 13.5. The van der Waals surface area contributed by atoms with Gasteiger partial charge in [0.25, 0.3) is 0 Å². The van der Waals surface area contributed by atoms with Gasteiger partial charge in [0.1, 0.15) is 10.1 Å². The van der Waals surface area contributed by atoms with Gasteiger partial charge in [-0.1, -0.05) is 32.8 Å². The fourth-order valence-electron chi connectivity index (χ4n) is 2.67. The predicted octanol–water partition coefficient (Wildman–Crippen LogP) is -1.24. The third-order valence-electron chi connectivity index (χ3n) is 4.24. The van der Waals surface area contributed by atoms with Gasteiger partial charge in [-0.05, 0) is 31.0 Å². The number of benzene rings is 1. The van der Waals surface area contributed by atoms with Crippen LogP contribution in [-0.2, 0) is 19.6 Å². The van der Waals surface area contributed by atoms with Crippen molar-refractivity contribution in [2.75, 3.05) is 44.4 Å². The van der Waals surface area contributed by atoms with Crippen molar-refractivity contribution in [2.24, 2.45) is 0 Å². The van der Waals surface area contributed by atoms with Crippen LogP contribution in [0.25, 0.3) is 0 Å². The Balaban J connectivity index is 0.00000841. The molecule has 0 amide bonds. The minimum Gasteiger partial charge on any atom is -0.744 e. The summed E-state index contributed by atoms with van der Waals surface area (Å²) in [4.78, 5) is 1.28. The van der Waals surface area contributed by atoms with Crippen molar-refractivity contribution < 1.29 is 84.0 Å². The van der Waals surface area contributed by atoms with Gasteiger partial charge in [-0.15, -0.1) is 0 Å². The molecule has 1 aromatic carbocycles. The van der Waals surface area contributed by atoms with E-state index in [1.165, 1.54) is 18.2 Å². The largest absolute Gasteiger partial charge is 1.00 e. The molecule has 0 spiro atoms. The summed E-state index contributed by atoms with van der Waals surface area (Å²) in [7, 11) is -4.61. The molecule has 0 aromatic heterocycles. The summed E-state index contributed by atoms with van der Waals surface area (Å²) in [6.45, 7) is 5.65. The maximum atomic E-state index is 11.3. The Hall–Kier alpha value is 0.406. The molecule has 2 atom stereocenters. The second-order valence-electron chi connectivity index (χ2n) is 7.02. The maximum absolute atomic E-state index is 11.3. The van der Waals surface area contributed by atoms with E-state index in [4.69, 9.17) is 9.47 Å². The first-order valence-electron chi connectivity index (χ1n) is 10.1. The Bertz CT molecular complexity index is 655. The smallest absolute Gasteiger partial charge is 0.744 e. The van der Waals surface area contributed by atoms with E-state index >= 15 is 0 Å². The van der Waals surface area contributed by atoms with Gasteiger partial charge in [0, 0.05) is 32.0 Å². The molecule has 0 saturated carbocycles. The van der Waals surface area contributed by atoms with Crippen LogP contribution >= 0.6 is 0 Å². The topological polar surface area (TPSA) is 119 Å². The van der Waals surface area contributed by atoms with Gasteiger partial charge in [0.15, 0.2) is 0 Å². The van der Waals surface area contributed by atoms with Gasteiger partial charge in [0.05, 0.1) is 30.3 Å². The summed E-state index contributed by atoms with van der Waals surface area (Å²) in [5.74, 6) is 0. The molecule has 0 aliphatic carbocycles. The molecule has 0 heterocycles. The van der Waals surface area contributed by atoms with Gasteiger partial charge in [-0.2, -0.15) is 0 Å². The molecule has 8 nitrogen and oxygen atoms in total. The summed E-state index contributed by atoms with van der Waals surface area (Å²) in [6, 6.07) is 5.56. The van der Waals surface area contributed by atoms with Gasteiger partial charge in [0.2, 0.25) is 0 Å². The number of nitrogens with zero attached hydrogens (tertiary/aromatic N) is 1. The van der Waals surface area contributed by atoms with Crippen LogP contribution in [0.5, 0.6) is 0 Å². The van der Waals surface area contributed by atoms with Crippen LogP contribution in [0.15, 0.2) is 29.2 Å². The number of hydrogen-bond acceptors (Lipinski definition) is 8. The standard InChI is InChI=1S/C20H35NO7S.K/c1-3-5-10-27-15-18(22)13-21(14-19(23)16-28-11-6-4-2)17-8-7-9-20(12-17)29(24,25)26;/h7-9,12,18-19,22-23H,3-6,10-11,13-16H2,1-2H3,(H,24,25,26);/q;+1/p-1. The molecule has 2 N–H and O–H groups in total. The summed E-state index contributed by atoms with van der Waals surface area (Å²) < 4.78 is 44.9. The molecule has 30 heavy (non-hydrogen) atoms. The Labute approximate surface area is 223 Å². The molecule has 168 valence electrons. The number of hydrogen-bond donors (Lipinski definition) is 2. The average molecular weight is 472 g/mol. The van der Waals surface area contributed by atoms with Gasteiger partial charge >= 0.3 is 51.4 Å². The van der Waals surface area contributed by atoms with Crippen molar-refractivity contribution in [3.63, 3.8) is 0 Å². The van der Waals surface area contributed by atoms with Crippen molar-refractivity contribution in [1.29, 1.82) is 0 Å². The van der Waals surface area contributed by atoms with Gasteiger partial charge in [-0.25, -0.2) is 8.42 Å². The Kier molecular flexibility index (Phi) is 17.2. The Morgan fingerprint density at radius 1 is 1.00 bits per heavy atom. The third-order valence-corrected chi connectivity index (χ3v) is 5.07. The summed E-state index contributed by atoms with van der Waals surface area (Å²) in [6.07, 6.45) is 2.09. The van der Waals surface area contributed by atoms with Crippen molar-refractivity contribution in [3.8, 4) is 0 Å². The van der Waals surface area contributed by atoms with E-state index in [0.29, 0.717) is 18.9 Å². The van der Waals surface area contributed by atoms with E-state index in [2.05, 4.69) is 0 Å². The van der Waals surface area contributed by atoms with Gasteiger partial charge < -0.3 is 29.1 Å². The summed E-state index contributed by atoms with van der Waals surface area (Å²) >= 11 is 0. The zero-order chi connectivity index (χ0) is 21.7. The molecule has 0 aliphatic heterocycles. The zero-order valence-electron chi connectivity index (χ0n) is 18.3. The monoisotopic (exact) mass is 471 g/mol. The summed E-state index contributed by atoms with van der Waals surface area (Å²) in [5, 5.41) is 20.6. The van der Waals surface area contributed by atoms with Crippen LogP contribution < -0.4 is 56.3 Å². The molecule has 1 aromatic rings. The van der Waals surface area contributed by atoms with E-state index in [-0.39, 0.29) is 82.6 Å². The van der Waals surface area contributed by atoms with Crippen LogP contribution in [0, 0.1) is 0 Å². The van der Waals surface area contributed by atoms with Crippen LogP contribution in [-0.4, -0.2) is 74.9 Å². The second kappa shape index (κ2) is 17.0.